The molecule has 0 bridgehead atoms. The maximum absolute atomic E-state index is 5.83. The smallest absolute Gasteiger partial charge is 0.0658 e. The zero-order chi connectivity index (χ0) is 13.7. The van der Waals surface area contributed by atoms with Crippen LogP contribution < -0.4 is 5.32 Å². The van der Waals surface area contributed by atoms with Gasteiger partial charge in [-0.2, -0.15) is 0 Å². The lowest BCUT2D eigenvalue weighted by Crippen LogP contribution is -2.62. The van der Waals surface area contributed by atoms with E-state index in [2.05, 4.69) is 26.1 Å². The lowest BCUT2D eigenvalue weighted by molar-refractivity contribution is -0.125. The first kappa shape index (κ1) is 15.3. The average Bonchev–Trinajstić information content (AvgIpc) is 3.23. The molecular weight excluding hydrogens is 238 g/mol. The molecule has 0 saturated heterocycles. The summed E-state index contributed by atoms with van der Waals surface area (Å²) in [6.07, 6.45) is 6.70. The van der Waals surface area contributed by atoms with Crippen molar-refractivity contribution in [2.24, 2.45) is 11.3 Å². The zero-order valence-corrected chi connectivity index (χ0v) is 12.9. The van der Waals surface area contributed by atoms with Gasteiger partial charge in [-0.25, -0.2) is 0 Å². The molecule has 2 aliphatic rings. The molecule has 2 fully saturated rings. The second-order valence-electron chi connectivity index (χ2n) is 6.42. The summed E-state index contributed by atoms with van der Waals surface area (Å²) in [5.74, 6) is 0.884. The van der Waals surface area contributed by atoms with Crippen molar-refractivity contribution >= 4 is 0 Å². The third kappa shape index (κ3) is 3.93. The summed E-state index contributed by atoms with van der Waals surface area (Å²) in [5, 5.41) is 3.69. The first-order valence-electron chi connectivity index (χ1n) is 8.13. The molecule has 0 amide bonds. The zero-order valence-electron chi connectivity index (χ0n) is 12.9. The fraction of sp³-hybridized carbons (Fsp3) is 1.00. The molecular formula is C16H31NO2. The van der Waals surface area contributed by atoms with Crippen molar-refractivity contribution in [2.75, 3.05) is 26.4 Å². The van der Waals surface area contributed by atoms with Crippen LogP contribution in [0.4, 0.5) is 0 Å². The van der Waals surface area contributed by atoms with Crippen molar-refractivity contribution in [1.82, 2.24) is 5.32 Å². The third-order valence-corrected chi connectivity index (χ3v) is 5.02. The lowest BCUT2D eigenvalue weighted by atomic mass is 9.61. The van der Waals surface area contributed by atoms with Gasteiger partial charge in [-0.05, 0) is 51.5 Å². The molecule has 0 aromatic rings. The minimum absolute atomic E-state index is 0.324. The molecule has 0 aromatic carbocycles. The molecule has 0 spiro atoms. The van der Waals surface area contributed by atoms with E-state index in [1.54, 1.807) is 0 Å². The highest BCUT2D eigenvalue weighted by Gasteiger charge is 2.50. The number of hydrogen-bond acceptors (Lipinski definition) is 3. The predicted octanol–water partition coefficient (Wildman–Crippen LogP) is 2.99. The fourth-order valence-corrected chi connectivity index (χ4v) is 3.05. The Morgan fingerprint density at radius 1 is 1.26 bits per heavy atom. The Kier molecular flexibility index (Phi) is 5.67. The van der Waals surface area contributed by atoms with Gasteiger partial charge in [0.05, 0.1) is 6.10 Å². The Hall–Kier alpha value is -0.120. The van der Waals surface area contributed by atoms with E-state index in [-0.39, 0.29) is 0 Å². The first-order chi connectivity index (χ1) is 9.20. The quantitative estimate of drug-likeness (QED) is 0.618. The van der Waals surface area contributed by atoms with Crippen LogP contribution in [0.25, 0.3) is 0 Å². The number of hydrogen-bond donors (Lipinski definition) is 1. The van der Waals surface area contributed by atoms with Gasteiger partial charge in [0.1, 0.15) is 0 Å². The van der Waals surface area contributed by atoms with Crippen LogP contribution >= 0.6 is 0 Å². The van der Waals surface area contributed by atoms with E-state index in [0.29, 0.717) is 17.6 Å². The standard InChI is InChI=1S/C16H31NO2/c1-4-16(3)14(11-15(16)19-5-2)17-9-6-10-18-12-13-7-8-13/h13-15,17H,4-12H2,1-3H3. The van der Waals surface area contributed by atoms with Crippen LogP contribution in [0.2, 0.25) is 0 Å². The van der Waals surface area contributed by atoms with Crippen LogP contribution in [0.3, 0.4) is 0 Å². The second kappa shape index (κ2) is 7.05. The van der Waals surface area contributed by atoms with Crippen LogP contribution in [0.5, 0.6) is 0 Å². The van der Waals surface area contributed by atoms with Gasteiger partial charge in [-0.15, -0.1) is 0 Å². The molecule has 3 unspecified atom stereocenters. The molecule has 2 rings (SSSR count). The SMILES string of the molecule is CCOC1CC(NCCCOCC2CC2)C1(C)CC. The monoisotopic (exact) mass is 269 g/mol. The highest BCUT2D eigenvalue weighted by molar-refractivity contribution is 5.04. The third-order valence-electron chi connectivity index (χ3n) is 5.02. The molecule has 3 nitrogen and oxygen atoms in total. The van der Waals surface area contributed by atoms with Gasteiger partial charge in [0.2, 0.25) is 0 Å². The summed E-state index contributed by atoms with van der Waals surface area (Å²) >= 11 is 0. The van der Waals surface area contributed by atoms with Gasteiger partial charge in [-0.3, -0.25) is 0 Å². The highest BCUT2D eigenvalue weighted by atomic mass is 16.5. The second-order valence-corrected chi connectivity index (χ2v) is 6.42. The van der Waals surface area contributed by atoms with Gasteiger partial charge in [0.15, 0.2) is 0 Å². The van der Waals surface area contributed by atoms with Crippen molar-refractivity contribution in [2.45, 2.75) is 65.0 Å². The van der Waals surface area contributed by atoms with Gasteiger partial charge in [0, 0.05) is 31.3 Å². The first-order valence-corrected chi connectivity index (χ1v) is 8.13. The van der Waals surface area contributed by atoms with E-state index in [4.69, 9.17) is 9.47 Å². The molecule has 19 heavy (non-hydrogen) atoms. The van der Waals surface area contributed by atoms with Crippen molar-refractivity contribution in [3.05, 3.63) is 0 Å². The summed E-state index contributed by atoms with van der Waals surface area (Å²) in [6, 6.07) is 0.623. The Morgan fingerprint density at radius 2 is 2.05 bits per heavy atom. The maximum atomic E-state index is 5.83. The van der Waals surface area contributed by atoms with Crippen LogP contribution in [-0.2, 0) is 9.47 Å². The van der Waals surface area contributed by atoms with E-state index in [9.17, 15) is 0 Å². The van der Waals surface area contributed by atoms with E-state index in [1.165, 1.54) is 25.7 Å². The summed E-state index contributed by atoms with van der Waals surface area (Å²) in [5.41, 5.74) is 0.324. The Bertz CT molecular complexity index is 267. The topological polar surface area (TPSA) is 30.5 Å². The van der Waals surface area contributed by atoms with Gasteiger partial charge in [0.25, 0.3) is 0 Å². The molecule has 112 valence electrons. The van der Waals surface area contributed by atoms with Crippen LogP contribution in [-0.4, -0.2) is 38.5 Å². The van der Waals surface area contributed by atoms with E-state index in [0.717, 1.165) is 38.7 Å². The molecule has 2 aliphatic carbocycles. The molecule has 0 heterocycles. The number of rotatable bonds is 10. The number of nitrogens with one attached hydrogen (secondary N) is 1. The summed E-state index contributed by atoms with van der Waals surface area (Å²) in [4.78, 5) is 0. The largest absolute Gasteiger partial charge is 0.381 e. The van der Waals surface area contributed by atoms with E-state index in [1.807, 2.05) is 0 Å². The molecule has 3 atom stereocenters. The predicted molar refractivity (Wildman–Crippen MR) is 78.4 cm³/mol. The average molecular weight is 269 g/mol. The lowest BCUT2D eigenvalue weighted by Gasteiger charge is -2.53. The molecule has 0 aliphatic heterocycles. The van der Waals surface area contributed by atoms with Gasteiger partial charge >= 0.3 is 0 Å². The normalized spacial score (nSPS) is 34.3. The van der Waals surface area contributed by atoms with Crippen molar-refractivity contribution in [3.8, 4) is 0 Å². The van der Waals surface area contributed by atoms with Gasteiger partial charge < -0.3 is 14.8 Å². The fourth-order valence-electron chi connectivity index (χ4n) is 3.05. The molecule has 1 N–H and O–H groups in total. The van der Waals surface area contributed by atoms with E-state index >= 15 is 0 Å². The molecule has 2 saturated carbocycles. The Morgan fingerprint density at radius 3 is 2.68 bits per heavy atom. The van der Waals surface area contributed by atoms with Crippen molar-refractivity contribution in [1.29, 1.82) is 0 Å². The maximum Gasteiger partial charge on any atom is 0.0658 e. The summed E-state index contributed by atoms with van der Waals surface area (Å²) < 4.78 is 11.5. The van der Waals surface area contributed by atoms with Crippen molar-refractivity contribution < 1.29 is 9.47 Å². The molecule has 0 radical (unpaired) electrons. The van der Waals surface area contributed by atoms with E-state index < -0.39 is 0 Å². The summed E-state index contributed by atoms with van der Waals surface area (Å²) in [6.45, 7) is 10.5. The van der Waals surface area contributed by atoms with Crippen LogP contribution in [0.15, 0.2) is 0 Å². The summed E-state index contributed by atoms with van der Waals surface area (Å²) in [7, 11) is 0. The van der Waals surface area contributed by atoms with Crippen LogP contribution in [0, 0.1) is 11.3 Å². The number of ether oxygens (including phenoxy) is 2. The molecule has 0 aromatic heterocycles. The highest BCUT2D eigenvalue weighted by Crippen LogP contribution is 2.45. The minimum Gasteiger partial charge on any atom is -0.381 e. The van der Waals surface area contributed by atoms with Crippen molar-refractivity contribution in [3.63, 3.8) is 0 Å². The molecule has 3 heteroatoms. The Balaban J connectivity index is 1.55. The van der Waals surface area contributed by atoms with Crippen LogP contribution in [0.1, 0.15) is 52.9 Å². The minimum atomic E-state index is 0.324. The Labute approximate surface area is 118 Å². The van der Waals surface area contributed by atoms with Gasteiger partial charge in [-0.1, -0.05) is 13.8 Å².